The van der Waals surface area contributed by atoms with Crippen LogP contribution in [0.3, 0.4) is 0 Å². The van der Waals surface area contributed by atoms with Crippen molar-refractivity contribution in [3.8, 4) is 0 Å². The van der Waals surface area contributed by atoms with Crippen LogP contribution in [0.4, 0.5) is 5.95 Å². The lowest BCUT2D eigenvalue weighted by Gasteiger charge is -2.24. The van der Waals surface area contributed by atoms with E-state index in [9.17, 15) is 4.79 Å². The van der Waals surface area contributed by atoms with E-state index in [0.717, 1.165) is 25.0 Å². The molecule has 1 atom stereocenters. The summed E-state index contributed by atoms with van der Waals surface area (Å²) in [6, 6.07) is 5.62. The van der Waals surface area contributed by atoms with E-state index in [2.05, 4.69) is 20.3 Å². The largest absolute Gasteiger partial charge is 0.351 e. The second-order valence-electron chi connectivity index (χ2n) is 4.48. The molecule has 0 aliphatic heterocycles. The van der Waals surface area contributed by atoms with Gasteiger partial charge < -0.3 is 10.3 Å². The number of anilines is 1. The molecule has 2 N–H and O–H groups in total. The number of hydrogen-bond acceptors (Lipinski definition) is 4. The predicted octanol–water partition coefficient (Wildman–Crippen LogP) is 1.13. The molecule has 0 fully saturated rings. The molecule has 0 amide bonds. The SMILES string of the molecule is O=c1ccc2c([nH]1)CC[C@@H](Nc1ncccn1)C2. The number of H-pyrrole nitrogens is 1. The average Bonchev–Trinajstić information content (AvgIpc) is 2.40. The van der Waals surface area contributed by atoms with Gasteiger partial charge in [-0.05, 0) is 30.9 Å². The summed E-state index contributed by atoms with van der Waals surface area (Å²) in [5.74, 6) is 0.662. The zero-order chi connectivity index (χ0) is 12.4. The lowest BCUT2D eigenvalue weighted by atomic mass is 9.92. The maximum atomic E-state index is 11.2. The molecule has 92 valence electrons. The van der Waals surface area contributed by atoms with Gasteiger partial charge in [-0.1, -0.05) is 6.07 Å². The van der Waals surface area contributed by atoms with Crippen molar-refractivity contribution in [2.24, 2.45) is 0 Å². The molecule has 3 rings (SSSR count). The summed E-state index contributed by atoms with van der Waals surface area (Å²) >= 11 is 0. The highest BCUT2D eigenvalue weighted by molar-refractivity contribution is 5.30. The van der Waals surface area contributed by atoms with Gasteiger partial charge in [0, 0.05) is 30.2 Å². The van der Waals surface area contributed by atoms with Crippen molar-refractivity contribution in [2.75, 3.05) is 5.32 Å². The number of hydrogen-bond donors (Lipinski definition) is 2. The first-order valence-corrected chi connectivity index (χ1v) is 6.06. The van der Waals surface area contributed by atoms with Crippen LogP contribution in [0.2, 0.25) is 0 Å². The Bertz CT molecular complexity index is 593. The van der Waals surface area contributed by atoms with Gasteiger partial charge in [0.15, 0.2) is 0 Å². The predicted molar refractivity (Wildman–Crippen MR) is 68.5 cm³/mol. The van der Waals surface area contributed by atoms with Crippen LogP contribution < -0.4 is 10.9 Å². The van der Waals surface area contributed by atoms with Crippen molar-refractivity contribution >= 4 is 5.95 Å². The fraction of sp³-hybridized carbons (Fsp3) is 0.308. The molecule has 1 aliphatic carbocycles. The lowest BCUT2D eigenvalue weighted by Crippen LogP contribution is -2.29. The number of aromatic amines is 1. The van der Waals surface area contributed by atoms with E-state index in [-0.39, 0.29) is 5.56 Å². The van der Waals surface area contributed by atoms with Gasteiger partial charge in [-0.2, -0.15) is 0 Å². The molecule has 2 heterocycles. The van der Waals surface area contributed by atoms with E-state index < -0.39 is 0 Å². The van der Waals surface area contributed by atoms with E-state index >= 15 is 0 Å². The van der Waals surface area contributed by atoms with Gasteiger partial charge in [0.1, 0.15) is 0 Å². The third-order valence-electron chi connectivity index (χ3n) is 3.21. The Labute approximate surface area is 104 Å². The van der Waals surface area contributed by atoms with Gasteiger partial charge in [-0.3, -0.25) is 4.79 Å². The van der Waals surface area contributed by atoms with Gasteiger partial charge in [0.25, 0.3) is 0 Å². The summed E-state index contributed by atoms with van der Waals surface area (Å²) in [7, 11) is 0. The standard InChI is InChI=1S/C13H14N4O/c18-12-5-2-9-8-10(3-4-11(9)17-12)16-13-14-6-1-7-15-13/h1-2,5-7,10H,3-4,8H2,(H,17,18)(H,14,15,16)/t10-/m1/s1. The Morgan fingerprint density at radius 3 is 2.94 bits per heavy atom. The summed E-state index contributed by atoms with van der Waals surface area (Å²) < 4.78 is 0. The molecule has 18 heavy (non-hydrogen) atoms. The Morgan fingerprint density at radius 1 is 1.28 bits per heavy atom. The van der Waals surface area contributed by atoms with Crippen LogP contribution >= 0.6 is 0 Å². The number of aromatic nitrogens is 3. The van der Waals surface area contributed by atoms with Crippen molar-refractivity contribution in [1.29, 1.82) is 0 Å². The Kier molecular flexibility index (Phi) is 2.80. The second kappa shape index (κ2) is 4.60. The zero-order valence-corrected chi connectivity index (χ0v) is 9.89. The Morgan fingerprint density at radius 2 is 2.11 bits per heavy atom. The molecule has 2 aromatic rings. The monoisotopic (exact) mass is 242 g/mol. The van der Waals surface area contributed by atoms with E-state index in [4.69, 9.17) is 0 Å². The molecule has 0 bridgehead atoms. The molecule has 0 spiro atoms. The van der Waals surface area contributed by atoms with Gasteiger partial charge in [-0.25, -0.2) is 9.97 Å². The number of aryl methyl sites for hydroxylation is 1. The van der Waals surface area contributed by atoms with Crippen LogP contribution in [0.5, 0.6) is 0 Å². The smallest absolute Gasteiger partial charge is 0.248 e. The molecule has 0 aromatic carbocycles. The number of nitrogens with one attached hydrogen (secondary N) is 2. The number of pyridine rings is 1. The van der Waals surface area contributed by atoms with Crippen molar-refractivity contribution in [2.45, 2.75) is 25.3 Å². The summed E-state index contributed by atoms with van der Waals surface area (Å²) in [6.45, 7) is 0. The van der Waals surface area contributed by atoms with Gasteiger partial charge >= 0.3 is 0 Å². The minimum absolute atomic E-state index is 0.0217. The first-order chi connectivity index (χ1) is 8.81. The van der Waals surface area contributed by atoms with Crippen LogP contribution in [-0.4, -0.2) is 21.0 Å². The maximum absolute atomic E-state index is 11.2. The van der Waals surface area contributed by atoms with Gasteiger partial charge in [-0.15, -0.1) is 0 Å². The molecule has 0 unspecified atom stereocenters. The first-order valence-electron chi connectivity index (χ1n) is 6.06. The number of fused-ring (bicyclic) bond motifs is 1. The van der Waals surface area contributed by atoms with Gasteiger partial charge in [0.2, 0.25) is 11.5 Å². The number of nitrogens with zero attached hydrogens (tertiary/aromatic N) is 2. The van der Waals surface area contributed by atoms with Crippen molar-refractivity contribution in [1.82, 2.24) is 15.0 Å². The minimum atomic E-state index is -0.0217. The molecule has 0 saturated carbocycles. The minimum Gasteiger partial charge on any atom is -0.351 e. The average molecular weight is 242 g/mol. The third-order valence-corrected chi connectivity index (χ3v) is 3.21. The van der Waals surface area contributed by atoms with E-state index in [1.54, 1.807) is 24.5 Å². The highest BCUT2D eigenvalue weighted by Crippen LogP contribution is 2.20. The maximum Gasteiger partial charge on any atom is 0.248 e. The third kappa shape index (κ3) is 2.25. The van der Waals surface area contributed by atoms with Crippen molar-refractivity contribution in [3.63, 3.8) is 0 Å². The number of rotatable bonds is 2. The molecular formula is C13H14N4O. The second-order valence-corrected chi connectivity index (χ2v) is 4.48. The van der Waals surface area contributed by atoms with Crippen LogP contribution in [0.1, 0.15) is 17.7 Å². The first kappa shape index (κ1) is 11.0. The van der Waals surface area contributed by atoms with E-state index in [0.29, 0.717) is 12.0 Å². The van der Waals surface area contributed by atoms with Crippen LogP contribution in [0.25, 0.3) is 0 Å². The molecular weight excluding hydrogens is 228 g/mol. The van der Waals surface area contributed by atoms with E-state index in [1.165, 1.54) is 5.56 Å². The normalized spacial score (nSPS) is 18.1. The molecule has 2 aromatic heterocycles. The molecule has 0 saturated heterocycles. The lowest BCUT2D eigenvalue weighted by molar-refractivity contribution is 0.593. The quantitative estimate of drug-likeness (QED) is 0.828. The van der Waals surface area contributed by atoms with Crippen LogP contribution in [0, 0.1) is 0 Å². The van der Waals surface area contributed by atoms with Gasteiger partial charge in [0.05, 0.1) is 0 Å². The molecule has 0 radical (unpaired) electrons. The molecule has 5 nitrogen and oxygen atoms in total. The molecule has 1 aliphatic rings. The highest BCUT2D eigenvalue weighted by Gasteiger charge is 2.19. The van der Waals surface area contributed by atoms with E-state index in [1.807, 2.05) is 6.07 Å². The highest BCUT2D eigenvalue weighted by atomic mass is 16.1. The summed E-state index contributed by atoms with van der Waals surface area (Å²) in [5.41, 5.74) is 2.25. The Balaban J connectivity index is 1.75. The molecule has 5 heteroatoms. The zero-order valence-electron chi connectivity index (χ0n) is 9.89. The van der Waals surface area contributed by atoms with Crippen LogP contribution in [0.15, 0.2) is 35.4 Å². The van der Waals surface area contributed by atoms with Crippen molar-refractivity contribution < 1.29 is 0 Å². The fourth-order valence-corrected chi connectivity index (χ4v) is 2.33. The van der Waals surface area contributed by atoms with Crippen LogP contribution in [-0.2, 0) is 12.8 Å². The van der Waals surface area contributed by atoms with Crippen molar-refractivity contribution in [3.05, 3.63) is 52.2 Å². The topological polar surface area (TPSA) is 70.7 Å². The summed E-state index contributed by atoms with van der Waals surface area (Å²) in [5, 5.41) is 3.32. The fourth-order valence-electron chi connectivity index (χ4n) is 2.33. The Hall–Kier alpha value is -2.17. The summed E-state index contributed by atoms with van der Waals surface area (Å²) in [6.07, 6.45) is 6.21. The summed E-state index contributed by atoms with van der Waals surface area (Å²) in [4.78, 5) is 22.4.